The first-order chi connectivity index (χ1) is 15.6. The number of hydrogen-bond acceptors (Lipinski definition) is 2. The third-order valence-electron chi connectivity index (χ3n) is 7.14. The van der Waals surface area contributed by atoms with Crippen LogP contribution in [0.3, 0.4) is 0 Å². The summed E-state index contributed by atoms with van der Waals surface area (Å²) >= 11 is 0. The molecule has 32 heavy (non-hydrogen) atoms. The molecule has 0 saturated carbocycles. The molecule has 0 bridgehead atoms. The first-order valence-corrected chi connectivity index (χ1v) is 13.8. The molecule has 1 aliphatic heterocycles. The fourth-order valence-electron chi connectivity index (χ4n) is 5.04. The lowest BCUT2D eigenvalue weighted by Gasteiger charge is -2.41. The van der Waals surface area contributed by atoms with Crippen molar-refractivity contribution in [2.75, 3.05) is 6.54 Å². The van der Waals surface area contributed by atoms with Gasteiger partial charge in [0.2, 0.25) is 5.91 Å². The van der Waals surface area contributed by atoms with E-state index >= 15 is 0 Å². The quantitative estimate of drug-likeness (QED) is 0.115. The summed E-state index contributed by atoms with van der Waals surface area (Å²) in [6.45, 7) is 9.19. The van der Waals surface area contributed by atoms with Crippen LogP contribution in [-0.4, -0.2) is 29.3 Å². The van der Waals surface area contributed by atoms with Crippen LogP contribution in [0.2, 0.25) is 0 Å². The fourth-order valence-corrected chi connectivity index (χ4v) is 5.04. The van der Waals surface area contributed by atoms with Crippen LogP contribution >= 0.6 is 0 Å². The largest absolute Gasteiger partial charge is 0.338 e. The van der Waals surface area contributed by atoms with Crippen molar-refractivity contribution in [1.29, 1.82) is 0 Å². The van der Waals surface area contributed by atoms with Gasteiger partial charge >= 0.3 is 0 Å². The standard InChI is InChI=1S/C28H53N3O/c1-5-7-8-9-10-11-12-13-14-15-16-17-18-19-20-21-22-23-28-29-24-25-31(28,6-2)26(3)30-27(4)32/h19-20,24-26,28-29H,5-18,21-23H2,1-4H3/p+1/b20-19+. The van der Waals surface area contributed by atoms with E-state index in [0.29, 0.717) is 6.17 Å². The number of unbranched alkanes of at least 4 members (excludes halogenated alkanes) is 13. The summed E-state index contributed by atoms with van der Waals surface area (Å²) in [5, 5.41) is 6.62. The molecule has 0 spiro atoms. The molecule has 3 atom stereocenters. The smallest absolute Gasteiger partial charge is 0.221 e. The molecule has 1 amide bonds. The Bertz CT molecular complexity index is 531. The predicted octanol–water partition coefficient (Wildman–Crippen LogP) is 7.52. The Morgan fingerprint density at radius 3 is 1.97 bits per heavy atom. The van der Waals surface area contributed by atoms with E-state index in [1.165, 1.54) is 89.9 Å². The van der Waals surface area contributed by atoms with Crippen molar-refractivity contribution >= 4 is 5.91 Å². The minimum Gasteiger partial charge on any atom is -0.338 e. The molecule has 186 valence electrons. The van der Waals surface area contributed by atoms with E-state index in [4.69, 9.17) is 0 Å². The number of allylic oxidation sites excluding steroid dienone is 2. The van der Waals surface area contributed by atoms with Gasteiger partial charge in [0.05, 0.1) is 12.7 Å². The van der Waals surface area contributed by atoms with Crippen LogP contribution in [0.25, 0.3) is 0 Å². The summed E-state index contributed by atoms with van der Waals surface area (Å²) in [7, 11) is 0. The van der Waals surface area contributed by atoms with Gasteiger partial charge in [-0.25, -0.2) is 0 Å². The van der Waals surface area contributed by atoms with Gasteiger partial charge in [-0.3, -0.25) is 9.28 Å². The maximum Gasteiger partial charge on any atom is 0.221 e. The maximum atomic E-state index is 11.5. The van der Waals surface area contributed by atoms with Crippen molar-refractivity contribution in [3.63, 3.8) is 0 Å². The highest BCUT2D eigenvalue weighted by Crippen LogP contribution is 2.25. The molecule has 0 saturated heterocycles. The van der Waals surface area contributed by atoms with Gasteiger partial charge in [0.1, 0.15) is 6.20 Å². The summed E-state index contributed by atoms with van der Waals surface area (Å²) in [4.78, 5) is 11.5. The molecule has 3 unspecified atom stereocenters. The number of amides is 1. The summed E-state index contributed by atoms with van der Waals surface area (Å²) in [6.07, 6.45) is 31.2. The highest BCUT2D eigenvalue weighted by molar-refractivity contribution is 5.72. The third kappa shape index (κ3) is 11.5. The minimum atomic E-state index is 0.0447. The number of nitrogens with one attached hydrogen (secondary N) is 2. The first-order valence-electron chi connectivity index (χ1n) is 13.8. The molecule has 0 aliphatic carbocycles. The highest BCUT2D eigenvalue weighted by Gasteiger charge is 2.41. The molecular weight excluding hydrogens is 394 g/mol. The normalized spacial score (nSPS) is 21.2. The van der Waals surface area contributed by atoms with E-state index in [1.807, 2.05) is 0 Å². The molecule has 0 aromatic rings. The lowest BCUT2D eigenvalue weighted by Crippen LogP contribution is -2.62. The van der Waals surface area contributed by atoms with Crippen molar-refractivity contribution < 1.29 is 9.28 Å². The Balaban J connectivity index is 2.02. The van der Waals surface area contributed by atoms with E-state index in [0.717, 1.165) is 23.9 Å². The first kappa shape index (κ1) is 28.7. The van der Waals surface area contributed by atoms with Gasteiger partial charge in [0.25, 0.3) is 0 Å². The van der Waals surface area contributed by atoms with Gasteiger partial charge in [-0.05, 0) is 32.6 Å². The van der Waals surface area contributed by atoms with Crippen LogP contribution in [-0.2, 0) is 4.79 Å². The Hall–Kier alpha value is -1.29. The molecule has 0 fully saturated rings. The lowest BCUT2D eigenvalue weighted by molar-refractivity contribution is -0.923. The van der Waals surface area contributed by atoms with Crippen LogP contribution in [0.5, 0.6) is 0 Å². The molecule has 1 aliphatic rings. The third-order valence-corrected chi connectivity index (χ3v) is 7.14. The molecule has 1 heterocycles. The summed E-state index contributed by atoms with van der Waals surface area (Å²) in [6, 6.07) is 0. The monoisotopic (exact) mass is 448 g/mol. The molecule has 0 radical (unpaired) electrons. The van der Waals surface area contributed by atoms with Gasteiger partial charge in [0.15, 0.2) is 12.3 Å². The highest BCUT2D eigenvalue weighted by atomic mass is 16.1. The number of quaternary nitrogens is 1. The molecular formula is C28H54N3O+. The molecule has 4 heteroatoms. The number of hydrogen-bond donors (Lipinski definition) is 2. The lowest BCUT2D eigenvalue weighted by atomic mass is 10.0. The van der Waals surface area contributed by atoms with Crippen molar-refractivity contribution in [3.05, 3.63) is 24.6 Å². The molecule has 1 rings (SSSR count). The average Bonchev–Trinajstić information content (AvgIpc) is 3.19. The van der Waals surface area contributed by atoms with Crippen LogP contribution in [0.4, 0.5) is 0 Å². The Labute approximate surface area is 199 Å². The Kier molecular flexibility index (Phi) is 16.3. The number of rotatable bonds is 20. The molecule has 2 N–H and O–H groups in total. The minimum absolute atomic E-state index is 0.0447. The van der Waals surface area contributed by atoms with Gasteiger partial charge in [-0.1, -0.05) is 89.7 Å². The SMILES string of the molecule is CCCCCCCCCCCCCC/C=C/CCCC1NC=C[N+]1(CC)C(C)NC(C)=O. The summed E-state index contributed by atoms with van der Waals surface area (Å²) in [5.74, 6) is 0.0447. The zero-order chi connectivity index (χ0) is 23.5. The van der Waals surface area contributed by atoms with Crippen LogP contribution in [0.15, 0.2) is 24.6 Å². The van der Waals surface area contributed by atoms with Crippen molar-refractivity contribution in [2.24, 2.45) is 0 Å². The second-order valence-electron chi connectivity index (χ2n) is 9.77. The van der Waals surface area contributed by atoms with E-state index in [9.17, 15) is 4.79 Å². The van der Waals surface area contributed by atoms with Gasteiger partial charge < -0.3 is 10.6 Å². The zero-order valence-corrected chi connectivity index (χ0v) is 21.8. The average molecular weight is 449 g/mol. The fraction of sp³-hybridized carbons (Fsp3) is 0.821. The summed E-state index contributed by atoms with van der Waals surface area (Å²) in [5.41, 5.74) is 0. The van der Waals surface area contributed by atoms with E-state index in [-0.39, 0.29) is 12.1 Å². The van der Waals surface area contributed by atoms with E-state index in [1.54, 1.807) is 6.92 Å². The molecule has 4 nitrogen and oxygen atoms in total. The predicted molar refractivity (Wildman–Crippen MR) is 139 cm³/mol. The topological polar surface area (TPSA) is 41.1 Å². The number of carbonyl (C=O) groups excluding carboxylic acids is 1. The second kappa shape index (κ2) is 18.2. The van der Waals surface area contributed by atoms with Crippen LogP contribution < -0.4 is 10.6 Å². The van der Waals surface area contributed by atoms with E-state index < -0.39 is 0 Å². The Morgan fingerprint density at radius 2 is 1.44 bits per heavy atom. The maximum absolute atomic E-state index is 11.5. The van der Waals surface area contributed by atoms with Crippen molar-refractivity contribution in [3.8, 4) is 0 Å². The van der Waals surface area contributed by atoms with Crippen molar-refractivity contribution in [2.45, 2.75) is 143 Å². The Morgan fingerprint density at radius 1 is 0.906 bits per heavy atom. The second-order valence-corrected chi connectivity index (χ2v) is 9.77. The van der Waals surface area contributed by atoms with Crippen molar-refractivity contribution in [1.82, 2.24) is 10.6 Å². The number of nitrogens with zero attached hydrogens (tertiary/aromatic N) is 1. The van der Waals surface area contributed by atoms with E-state index in [2.05, 4.69) is 56.0 Å². The molecule has 0 aromatic carbocycles. The van der Waals surface area contributed by atoms with Crippen LogP contribution in [0.1, 0.15) is 130 Å². The number of carbonyl (C=O) groups is 1. The van der Waals surface area contributed by atoms with Crippen LogP contribution in [0, 0.1) is 0 Å². The molecule has 0 aromatic heterocycles. The van der Waals surface area contributed by atoms with Gasteiger partial charge in [-0.2, -0.15) is 0 Å². The zero-order valence-electron chi connectivity index (χ0n) is 21.8. The van der Waals surface area contributed by atoms with Gasteiger partial charge in [0, 0.05) is 20.3 Å². The summed E-state index contributed by atoms with van der Waals surface area (Å²) < 4.78 is 0.794. The van der Waals surface area contributed by atoms with Gasteiger partial charge in [-0.15, -0.1) is 0 Å².